The normalized spacial score (nSPS) is 13.2. The van der Waals surface area contributed by atoms with Gasteiger partial charge in [-0.15, -0.1) is 15.3 Å². The average Bonchev–Trinajstić information content (AvgIpc) is 3.10. The van der Waals surface area contributed by atoms with E-state index in [1.807, 2.05) is 0 Å². The number of aliphatic hydroxyl groups is 1. The summed E-state index contributed by atoms with van der Waals surface area (Å²) in [4.78, 5) is 8.76. The number of phenolic OH excluding ortho intramolecular Hbond substituents is 1. The topological polar surface area (TPSA) is 317 Å². The van der Waals surface area contributed by atoms with E-state index in [0.717, 1.165) is 36.4 Å². The van der Waals surface area contributed by atoms with Crippen molar-refractivity contribution in [1.29, 1.82) is 0 Å². The van der Waals surface area contributed by atoms with E-state index in [0.29, 0.717) is 11.3 Å². The quantitative estimate of drug-likeness (QED) is 0.0154. The van der Waals surface area contributed by atoms with Crippen LogP contribution < -0.4 is 11.1 Å². The molecule has 1 unspecified atom stereocenters. The van der Waals surface area contributed by atoms with Crippen molar-refractivity contribution in [1.82, 2.24) is 5.32 Å². The van der Waals surface area contributed by atoms with Gasteiger partial charge in [0.2, 0.25) is 0 Å². The van der Waals surface area contributed by atoms with Gasteiger partial charge in [0.1, 0.15) is 28.3 Å². The van der Waals surface area contributed by atoms with Gasteiger partial charge in [0, 0.05) is 28.8 Å². The highest BCUT2D eigenvalue weighted by atomic mass is 32.2. The fraction of sp³-hybridized carbons (Fsp3) is 0.0938. The van der Waals surface area contributed by atoms with Crippen molar-refractivity contribution in [2.24, 2.45) is 20.5 Å². The van der Waals surface area contributed by atoms with Crippen LogP contribution in [0.3, 0.4) is 0 Å². The predicted molar refractivity (Wildman–Crippen MR) is 192 cm³/mol. The van der Waals surface area contributed by atoms with Crippen LogP contribution in [0, 0.1) is 0 Å². The summed E-state index contributed by atoms with van der Waals surface area (Å²) in [5, 5.41) is 40.1. The molecule has 282 valence electrons. The number of aromatic hydroxyl groups is 1. The minimum atomic E-state index is -5.17. The largest absolute Gasteiger partial charge is 0.505 e. The Labute approximate surface area is 306 Å². The van der Waals surface area contributed by atoms with Gasteiger partial charge in [0.25, 0.3) is 30.4 Å². The first-order valence-corrected chi connectivity index (χ1v) is 19.3. The third-order valence-corrected chi connectivity index (χ3v) is 10.2. The number of carbonyl (C=O) groups is 1. The Hall–Kier alpha value is -5.72. The molecule has 8 N–H and O–H groups in total. The summed E-state index contributed by atoms with van der Waals surface area (Å²) in [6.07, 6.45) is -0.0802. The van der Waals surface area contributed by atoms with Crippen LogP contribution in [-0.4, -0.2) is 68.2 Å². The van der Waals surface area contributed by atoms with E-state index in [1.54, 1.807) is 24.3 Å². The fourth-order valence-corrected chi connectivity index (χ4v) is 6.80. The summed E-state index contributed by atoms with van der Waals surface area (Å²) >= 11 is 0. The summed E-state index contributed by atoms with van der Waals surface area (Å²) in [5.41, 5.74) is 5.24. The zero-order valence-corrected chi connectivity index (χ0v) is 29.7. The van der Waals surface area contributed by atoms with E-state index >= 15 is 0 Å². The lowest BCUT2D eigenvalue weighted by Crippen LogP contribution is -2.25. The van der Waals surface area contributed by atoms with Crippen molar-refractivity contribution in [2.45, 2.75) is 20.9 Å². The number of nitrogens with zero attached hydrogens (tertiary/aromatic N) is 4. The van der Waals surface area contributed by atoms with Crippen molar-refractivity contribution in [3.05, 3.63) is 91.0 Å². The number of phenols is 1. The van der Waals surface area contributed by atoms with Gasteiger partial charge in [0.15, 0.2) is 5.75 Å². The van der Waals surface area contributed by atoms with Crippen molar-refractivity contribution in [3.63, 3.8) is 0 Å². The summed E-state index contributed by atoms with van der Waals surface area (Å²) in [5.74, 6) is -1.51. The number of hydrogen-bond acceptors (Lipinski definition) is 16. The third kappa shape index (κ3) is 8.90. The molecule has 0 fully saturated rings. The van der Waals surface area contributed by atoms with Crippen molar-refractivity contribution in [3.8, 4) is 5.75 Å². The molecule has 0 aliphatic heterocycles. The standard InChI is InChI=1S/C32H28N6O13S3/c1-2-29(39)51-12-11-34-32(41)17-3-5-19(6-4-17)35-36-25-9-10-26(23-15-20(52(42,43)44)7-8-21(23)25)37-38-30-28(54(48,49)50)14-18-13-27(53(45,46)47)24(33)16-22(18)31(30)40/h2-10,13-16,32,34,40-41H,1,11-12,33H2,(H,42,43,44)(H,45,46,47)(H,48,49,50). The maximum Gasteiger partial charge on any atom is 0.330 e. The molecule has 5 aromatic rings. The first kappa shape index (κ1) is 39.5. The van der Waals surface area contributed by atoms with Crippen molar-refractivity contribution in [2.75, 3.05) is 18.9 Å². The van der Waals surface area contributed by atoms with E-state index in [2.05, 4.69) is 32.4 Å². The molecule has 0 saturated carbocycles. The molecule has 19 nitrogen and oxygen atoms in total. The highest BCUT2D eigenvalue weighted by molar-refractivity contribution is 7.86. The molecule has 22 heteroatoms. The molecule has 0 aliphatic rings. The minimum Gasteiger partial charge on any atom is -0.505 e. The van der Waals surface area contributed by atoms with Gasteiger partial charge in [-0.05, 0) is 65.5 Å². The molecule has 54 heavy (non-hydrogen) atoms. The van der Waals surface area contributed by atoms with Gasteiger partial charge >= 0.3 is 5.97 Å². The highest BCUT2D eigenvalue weighted by Gasteiger charge is 2.25. The molecular formula is C32H28N6O13S3. The Kier molecular flexibility index (Phi) is 11.2. The Morgan fingerprint density at radius 2 is 1.39 bits per heavy atom. The number of esters is 1. The number of benzene rings is 5. The number of fused-ring (bicyclic) bond motifs is 2. The van der Waals surface area contributed by atoms with Gasteiger partial charge in [-0.2, -0.15) is 30.4 Å². The number of nitrogen functional groups attached to an aromatic ring is 1. The number of anilines is 1. The van der Waals surface area contributed by atoms with Crippen LogP contribution in [0.2, 0.25) is 0 Å². The lowest BCUT2D eigenvalue weighted by Gasteiger charge is -2.13. The molecule has 0 amide bonds. The molecule has 0 aromatic heterocycles. The molecule has 0 aliphatic carbocycles. The van der Waals surface area contributed by atoms with Crippen LogP contribution in [0.5, 0.6) is 5.75 Å². The lowest BCUT2D eigenvalue weighted by atomic mass is 10.1. The Bertz CT molecular complexity index is 2720. The van der Waals surface area contributed by atoms with Crippen LogP contribution in [0.15, 0.2) is 121 Å². The molecule has 0 spiro atoms. The van der Waals surface area contributed by atoms with Gasteiger partial charge in [-0.25, -0.2) is 4.79 Å². The maximum atomic E-state index is 12.3. The predicted octanol–water partition coefficient (Wildman–Crippen LogP) is 5.16. The highest BCUT2D eigenvalue weighted by Crippen LogP contribution is 2.44. The van der Waals surface area contributed by atoms with Crippen LogP contribution in [0.4, 0.5) is 28.4 Å². The number of carbonyl (C=O) groups excluding carboxylic acids is 1. The van der Waals surface area contributed by atoms with Crippen LogP contribution in [0.25, 0.3) is 21.5 Å². The summed E-state index contributed by atoms with van der Waals surface area (Å²) in [7, 11) is -14.8. The van der Waals surface area contributed by atoms with Gasteiger partial charge in [0.05, 0.1) is 27.6 Å². The molecule has 1 atom stereocenters. The van der Waals surface area contributed by atoms with Crippen molar-refractivity contribution >= 4 is 86.3 Å². The van der Waals surface area contributed by atoms with E-state index < -0.39 is 74.4 Å². The van der Waals surface area contributed by atoms with Gasteiger partial charge in [-0.1, -0.05) is 24.8 Å². The second kappa shape index (κ2) is 15.3. The van der Waals surface area contributed by atoms with Gasteiger partial charge < -0.3 is 20.7 Å². The number of ether oxygens (including phenoxy) is 1. The smallest absolute Gasteiger partial charge is 0.330 e. The zero-order valence-electron chi connectivity index (χ0n) is 27.3. The summed E-state index contributed by atoms with van der Waals surface area (Å²) in [6, 6.07) is 14.8. The second-order valence-electron chi connectivity index (χ2n) is 11.1. The van der Waals surface area contributed by atoms with E-state index in [1.165, 1.54) is 18.2 Å². The molecule has 0 heterocycles. The average molecular weight is 801 g/mol. The number of hydrogen-bond donors (Lipinski definition) is 7. The second-order valence-corrected chi connectivity index (χ2v) is 15.3. The minimum absolute atomic E-state index is 0.00378. The Morgan fingerprint density at radius 3 is 2.00 bits per heavy atom. The lowest BCUT2D eigenvalue weighted by molar-refractivity contribution is -0.137. The third-order valence-electron chi connectivity index (χ3n) is 7.57. The summed E-state index contributed by atoms with van der Waals surface area (Å²) in [6.45, 7) is 3.45. The first-order chi connectivity index (χ1) is 25.3. The molecule has 0 radical (unpaired) electrons. The number of aliphatic hydroxyl groups excluding tert-OH is 1. The van der Waals surface area contributed by atoms with Gasteiger partial charge in [-0.3, -0.25) is 19.0 Å². The maximum absolute atomic E-state index is 12.3. The monoisotopic (exact) mass is 800 g/mol. The van der Waals surface area contributed by atoms with Crippen LogP contribution in [-0.2, 0) is 39.9 Å². The summed E-state index contributed by atoms with van der Waals surface area (Å²) < 4.78 is 106. The molecular weight excluding hydrogens is 773 g/mol. The van der Waals surface area contributed by atoms with E-state index in [9.17, 15) is 53.9 Å². The molecule has 5 rings (SSSR count). The number of rotatable bonds is 13. The number of nitrogens with one attached hydrogen (secondary N) is 1. The van der Waals surface area contributed by atoms with Crippen LogP contribution in [0.1, 0.15) is 11.8 Å². The van der Waals surface area contributed by atoms with Crippen molar-refractivity contribution < 1.29 is 58.7 Å². The zero-order chi connectivity index (χ0) is 39.6. The number of azo groups is 2. The van der Waals surface area contributed by atoms with E-state index in [-0.39, 0.29) is 46.1 Å². The molecule has 0 saturated heterocycles. The van der Waals surface area contributed by atoms with E-state index in [4.69, 9.17) is 10.5 Å². The molecule has 0 bridgehead atoms. The van der Waals surface area contributed by atoms with Crippen LogP contribution >= 0.6 is 0 Å². The Morgan fingerprint density at radius 1 is 0.778 bits per heavy atom. The fourth-order valence-electron chi connectivity index (χ4n) is 5.00. The Balaban J connectivity index is 1.52. The number of nitrogens with two attached hydrogens (primary N) is 1. The first-order valence-electron chi connectivity index (χ1n) is 15.0. The SMILES string of the molecule is C=CC(=O)OCCNC(O)c1ccc(N=Nc2ccc(N=Nc3c(S(=O)(=O)O)cc4cc(S(=O)(=O)O)c(N)cc4c3O)c3cc(S(=O)(=O)O)ccc23)cc1. The molecule has 5 aromatic carbocycles.